The maximum Gasteiger partial charge on any atom is 0.251 e. The molecule has 0 spiro atoms. The Hall–Kier alpha value is -2.54. The van der Waals surface area contributed by atoms with Gasteiger partial charge in [-0.2, -0.15) is 0 Å². The van der Waals surface area contributed by atoms with Crippen molar-refractivity contribution in [2.24, 2.45) is 0 Å². The number of aromatic amines is 1. The van der Waals surface area contributed by atoms with E-state index in [0.717, 1.165) is 43.1 Å². The molecular weight excluding hydrogens is 322 g/mol. The maximum atomic E-state index is 11.7. The Morgan fingerprint density at radius 1 is 1.36 bits per heavy atom. The molecule has 2 aliphatic rings. The smallest absolute Gasteiger partial charge is 0.251 e. The minimum atomic E-state index is -0.0820. The van der Waals surface area contributed by atoms with Gasteiger partial charge in [0, 0.05) is 25.1 Å². The predicted octanol–water partition coefficient (Wildman–Crippen LogP) is 1.81. The SMILES string of the molecule is COc1cc(CN2CC[C@@H](c3cc(=O)[nH]c(C)n3)C2)cc2c1OCO2. The first kappa shape index (κ1) is 16.0. The number of methoxy groups -OCH3 is 1. The van der Waals surface area contributed by atoms with Crippen molar-refractivity contribution in [2.75, 3.05) is 27.0 Å². The number of nitrogens with one attached hydrogen (secondary N) is 1. The first-order chi connectivity index (χ1) is 12.1. The number of aromatic nitrogens is 2. The Balaban J connectivity index is 1.49. The molecule has 132 valence electrons. The zero-order valence-corrected chi connectivity index (χ0v) is 14.4. The Morgan fingerprint density at radius 2 is 2.24 bits per heavy atom. The number of ether oxygens (including phenoxy) is 3. The zero-order valence-electron chi connectivity index (χ0n) is 14.4. The molecule has 1 N–H and O–H groups in total. The second-order valence-corrected chi connectivity index (χ2v) is 6.51. The molecule has 1 atom stereocenters. The van der Waals surface area contributed by atoms with Gasteiger partial charge in [-0.3, -0.25) is 9.69 Å². The molecule has 1 saturated heterocycles. The zero-order chi connectivity index (χ0) is 17.4. The first-order valence-electron chi connectivity index (χ1n) is 8.39. The van der Waals surface area contributed by atoms with Crippen molar-refractivity contribution in [2.45, 2.75) is 25.8 Å². The maximum absolute atomic E-state index is 11.7. The van der Waals surface area contributed by atoms with E-state index in [9.17, 15) is 4.79 Å². The third-order valence-corrected chi connectivity index (χ3v) is 4.69. The standard InChI is InChI=1S/C18H21N3O4/c1-11-19-14(7-17(22)20-11)13-3-4-21(9-13)8-12-5-15(23-2)18-16(6-12)24-10-25-18/h5-7,13H,3-4,8-10H2,1-2H3,(H,19,20,22)/t13-/m1/s1. The molecule has 2 aromatic rings. The number of hydrogen-bond acceptors (Lipinski definition) is 6. The molecule has 4 rings (SSSR count). The summed E-state index contributed by atoms with van der Waals surface area (Å²) in [7, 11) is 1.63. The van der Waals surface area contributed by atoms with E-state index in [1.54, 1.807) is 13.2 Å². The van der Waals surface area contributed by atoms with Crippen molar-refractivity contribution in [3.63, 3.8) is 0 Å². The molecule has 1 aromatic heterocycles. The van der Waals surface area contributed by atoms with Gasteiger partial charge in [-0.05, 0) is 37.6 Å². The molecule has 0 saturated carbocycles. The number of rotatable bonds is 4. The normalized spacial score (nSPS) is 19.4. The van der Waals surface area contributed by atoms with Gasteiger partial charge in [0.25, 0.3) is 5.56 Å². The number of hydrogen-bond donors (Lipinski definition) is 1. The van der Waals surface area contributed by atoms with Crippen LogP contribution in [-0.2, 0) is 6.54 Å². The third-order valence-electron chi connectivity index (χ3n) is 4.69. The van der Waals surface area contributed by atoms with Crippen molar-refractivity contribution in [1.29, 1.82) is 0 Å². The van der Waals surface area contributed by atoms with Crippen LogP contribution in [0, 0.1) is 6.92 Å². The van der Waals surface area contributed by atoms with Gasteiger partial charge in [-0.1, -0.05) is 0 Å². The van der Waals surface area contributed by atoms with Crippen molar-refractivity contribution >= 4 is 0 Å². The highest BCUT2D eigenvalue weighted by Gasteiger charge is 2.27. The lowest BCUT2D eigenvalue weighted by atomic mass is 10.0. The lowest BCUT2D eigenvalue weighted by Gasteiger charge is -2.17. The molecule has 7 nitrogen and oxygen atoms in total. The van der Waals surface area contributed by atoms with Gasteiger partial charge in [0.1, 0.15) is 5.82 Å². The summed E-state index contributed by atoms with van der Waals surface area (Å²) >= 11 is 0. The number of benzene rings is 1. The molecule has 2 aliphatic heterocycles. The Kier molecular flexibility index (Phi) is 4.09. The van der Waals surface area contributed by atoms with Crippen LogP contribution in [0.1, 0.15) is 29.4 Å². The van der Waals surface area contributed by atoms with Crippen LogP contribution in [0.2, 0.25) is 0 Å². The predicted molar refractivity (Wildman–Crippen MR) is 91.3 cm³/mol. The fourth-order valence-corrected chi connectivity index (χ4v) is 3.56. The van der Waals surface area contributed by atoms with E-state index in [4.69, 9.17) is 14.2 Å². The molecule has 0 amide bonds. The van der Waals surface area contributed by atoms with Crippen LogP contribution in [0.25, 0.3) is 0 Å². The lowest BCUT2D eigenvalue weighted by molar-refractivity contribution is 0.171. The fourth-order valence-electron chi connectivity index (χ4n) is 3.56. The van der Waals surface area contributed by atoms with Crippen LogP contribution in [0.3, 0.4) is 0 Å². The van der Waals surface area contributed by atoms with E-state index in [1.165, 1.54) is 0 Å². The summed E-state index contributed by atoms with van der Waals surface area (Å²) in [6.07, 6.45) is 0.998. The Morgan fingerprint density at radius 3 is 3.04 bits per heavy atom. The fraction of sp³-hybridized carbons (Fsp3) is 0.444. The van der Waals surface area contributed by atoms with Gasteiger partial charge >= 0.3 is 0 Å². The Labute approximate surface area is 145 Å². The van der Waals surface area contributed by atoms with Gasteiger partial charge in [0.05, 0.1) is 12.8 Å². The summed E-state index contributed by atoms with van der Waals surface area (Å²) in [4.78, 5) is 21.2. The summed E-state index contributed by atoms with van der Waals surface area (Å²) in [5, 5.41) is 0. The Bertz CT molecular complexity index is 849. The second kappa shape index (κ2) is 6.40. The van der Waals surface area contributed by atoms with Crippen LogP contribution >= 0.6 is 0 Å². The molecule has 1 fully saturated rings. The molecule has 3 heterocycles. The van der Waals surface area contributed by atoms with Gasteiger partial charge in [-0.25, -0.2) is 4.98 Å². The lowest BCUT2D eigenvalue weighted by Crippen LogP contribution is -2.21. The topological polar surface area (TPSA) is 76.7 Å². The van der Waals surface area contributed by atoms with Crippen molar-refractivity contribution in [1.82, 2.24) is 14.9 Å². The van der Waals surface area contributed by atoms with Crippen LogP contribution in [0.15, 0.2) is 23.0 Å². The average Bonchev–Trinajstić information content (AvgIpc) is 3.22. The minimum absolute atomic E-state index is 0.0820. The van der Waals surface area contributed by atoms with Crippen LogP contribution < -0.4 is 19.8 Å². The van der Waals surface area contributed by atoms with E-state index >= 15 is 0 Å². The molecule has 25 heavy (non-hydrogen) atoms. The van der Waals surface area contributed by atoms with Crippen molar-refractivity contribution < 1.29 is 14.2 Å². The highest BCUT2D eigenvalue weighted by Crippen LogP contribution is 2.42. The van der Waals surface area contributed by atoms with E-state index in [0.29, 0.717) is 17.3 Å². The molecule has 0 radical (unpaired) electrons. The summed E-state index contributed by atoms with van der Waals surface area (Å²) in [6.45, 7) is 4.69. The average molecular weight is 343 g/mol. The van der Waals surface area contributed by atoms with E-state index in [2.05, 4.69) is 14.9 Å². The molecule has 1 aromatic carbocycles. The largest absolute Gasteiger partial charge is 0.493 e. The van der Waals surface area contributed by atoms with Gasteiger partial charge in [0.2, 0.25) is 12.5 Å². The number of likely N-dealkylation sites (tertiary alicyclic amines) is 1. The van der Waals surface area contributed by atoms with Crippen LogP contribution in [-0.4, -0.2) is 41.9 Å². The molecule has 0 aliphatic carbocycles. The van der Waals surface area contributed by atoms with Gasteiger partial charge in [-0.15, -0.1) is 0 Å². The summed E-state index contributed by atoms with van der Waals surface area (Å²) in [5.41, 5.74) is 1.92. The summed E-state index contributed by atoms with van der Waals surface area (Å²) < 4.78 is 16.3. The van der Waals surface area contributed by atoms with Crippen LogP contribution in [0.4, 0.5) is 0 Å². The van der Waals surface area contributed by atoms with Gasteiger partial charge in [0.15, 0.2) is 11.5 Å². The molecule has 7 heteroatoms. The van der Waals surface area contributed by atoms with Crippen molar-refractivity contribution in [3.05, 3.63) is 45.6 Å². The minimum Gasteiger partial charge on any atom is -0.493 e. The summed E-state index contributed by atoms with van der Waals surface area (Å²) in [6, 6.07) is 5.62. The summed E-state index contributed by atoms with van der Waals surface area (Å²) in [5.74, 6) is 3.07. The van der Waals surface area contributed by atoms with Crippen molar-refractivity contribution in [3.8, 4) is 17.2 Å². The highest BCUT2D eigenvalue weighted by atomic mass is 16.7. The molecular formula is C18H21N3O4. The number of H-pyrrole nitrogens is 1. The number of aryl methyl sites for hydroxylation is 1. The quantitative estimate of drug-likeness (QED) is 0.912. The molecule has 0 bridgehead atoms. The first-order valence-corrected chi connectivity index (χ1v) is 8.39. The van der Waals surface area contributed by atoms with E-state index in [1.807, 2.05) is 19.1 Å². The number of fused-ring (bicyclic) bond motifs is 1. The van der Waals surface area contributed by atoms with E-state index in [-0.39, 0.29) is 18.3 Å². The third kappa shape index (κ3) is 3.19. The monoisotopic (exact) mass is 343 g/mol. The van der Waals surface area contributed by atoms with Crippen LogP contribution in [0.5, 0.6) is 17.2 Å². The second-order valence-electron chi connectivity index (χ2n) is 6.51. The molecule has 0 unspecified atom stereocenters. The highest BCUT2D eigenvalue weighted by molar-refractivity contribution is 5.55. The van der Waals surface area contributed by atoms with Gasteiger partial charge < -0.3 is 19.2 Å². The van der Waals surface area contributed by atoms with E-state index < -0.39 is 0 Å². The number of nitrogens with zero attached hydrogens (tertiary/aromatic N) is 2.